The molecular formula is C20H20F3N5O. The highest BCUT2D eigenvalue weighted by Crippen LogP contribution is 2.39. The Kier molecular flexibility index (Phi) is 4.68. The SMILES string of the molecule is CCn1cc(-c2cc(Cn3ccnc3C)cc3c2CCNC3=O)c(C(F)(F)F)n1. The second-order valence-electron chi connectivity index (χ2n) is 7.02. The standard InChI is InChI=1S/C20H20F3N5O/c1-3-28-11-17(18(26-28)20(21,22)23)15-8-13(10-27-7-6-24-12(27)2)9-16-14(15)4-5-25-19(16)29/h6-9,11H,3-5,10H2,1-2H3,(H,25,29). The number of fused-ring (bicyclic) bond motifs is 1. The number of hydrogen-bond acceptors (Lipinski definition) is 3. The summed E-state index contributed by atoms with van der Waals surface area (Å²) in [7, 11) is 0. The Morgan fingerprint density at radius 3 is 2.62 bits per heavy atom. The molecule has 1 aliphatic heterocycles. The van der Waals surface area contributed by atoms with E-state index in [0.29, 0.717) is 42.7 Å². The van der Waals surface area contributed by atoms with Crippen LogP contribution in [0.1, 0.15) is 39.9 Å². The van der Waals surface area contributed by atoms with Crippen molar-refractivity contribution >= 4 is 5.91 Å². The average Bonchev–Trinajstić information content (AvgIpc) is 3.28. The zero-order chi connectivity index (χ0) is 20.8. The third kappa shape index (κ3) is 3.52. The van der Waals surface area contributed by atoms with Crippen molar-refractivity contribution in [1.82, 2.24) is 24.6 Å². The van der Waals surface area contributed by atoms with E-state index in [0.717, 1.165) is 11.4 Å². The molecule has 9 heteroatoms. The Labute approximate surface area is 165 Å². The van der Waals surface area contributed by atoms with Gasteiger partial charge in [0, 0.05) is 49.4 Å². The summed E-state index contributed by atoms with van der Waals surface area (Å²) in [5.41, 5.74) is 1.27. The number of aryl methyl sites for hydroxylation is 2. The average molecular weight is 403 g/mol. The Bertz CT molecular complexity index is 1080. The van der Waals surface area contributed by atoms with Crippen LogP contribution in [-0.4, -0.2) is 31.8 Å². The third-order valence-electron chi connectivity index (χ3n) is 5.14. The van der Waals surface area contributed by atoms with Crippen molar-refractivity contribution < 1.29 is 18.0 Å². The molecule has 0 saturated heterocycles. The number of hydrogen-bond donors (Lipinski definition) is 1. The monoisotopic (exact) mass is 403 g/mol. The second kappa shape index (κ2) is 7.06. The summed E-state index contributed by atoms with van der Waals surface area (Å²) in [6.07, 6.45) is 0.752. The molecule has 0 atom stereocenters. The van der Waals surface area contributed by atoms with E-state index in [2.05, 4.69) is 15.4 Å². The van der Waals surface area contributed by atoms with Gasteiger partial charge in [-0.05, 0) is 49.1 Å². The van der Waals surface area contributed by atoms with Crippen LogP contribution < -0.4 is 5.32 Å². The third-order valence-corrected chi connectivity index (χ3v) is 5.14. The lowest BCUT2D eigenvalue weighted by molar-refractivity contribution is -0.141. The van der Waals surface area contributed by atoms with Crippen LogP contribution in [-0.2, 0) is 25.7 Å². The lowest BCUT2D eigenvalue weighted by Gasteiger charge is -2.22. The van der Waals surface area contributed by atoms with Crippen LogP contribution in [0.2, 0.25) is 0 Å². The van der Waals surface area contributed by atoms with Crippen LogP contribution >= 0.6 is 0 Å². The van der Waals surface area contributed by atoms with E-state index in [1.807, 2.05) is 11.5 Å². The molecule has 4 rings (SSSR count). The lowest BCUT2D eigenvalue weighted by atomic mass is 9.89. The van der Waals surface area contributed by atoms with Gasteiger partial charge < -0.3 is 9.88 Å². The number of carbonyl (C=O) groups excluding carboxylic acids is 1. The highest BCUT2D eigenvalue weighted by atomic mass is 19.4. The van der Waals surface area contributed by atoms with Gasteiger partial charge in [-0.2, -0.15) is 18.3 Å². The first-order valence-electron chi connectivity index (χ1n) is 9.34. The predicted octanol–water partition coefficient (Wildman–Crippen LogP) is 3.43. The fraction of sp³-hybridized carbons (Fsp3) is 0.350. The predicted molar refractivity (Wildman–Crippen MR) is 100 cm³/mol. The molecule has 29 heavy (non-hydrogen) atoms. The Balaban J connectivity index is 1.92. The molecule has 2 aromatic heterocycles. The highest BCUT2D eigenvalue weighted by Gasteiger charge is 2.38. The first kappa shape index (κ1) is 19.2. The molecule has 3 heterocycles. The summed E-state index contributed by atoms with van der Waals surface area (Å²) in [4.78, 5) is 16.6. The zero-order valence-electron chi connectivity index (χ0n) is 16.0. The van der Waals surface area contributed by atoms with Gasteiger partial charge in [0.2, 0.25) is 0 Å². The van der Waals surface area contributed by atoms with Crippen LogP contribution in [0.15, 0.2) is 30.7 Å². The second-order valence-corrected chi connectivity index (χ2v) is 7.02. The summed E-state index contributed by atoms with van der Waals surface area (Å²) in [6.45, 7) is 4.70. The Morgan fingerprint density at radius 2 is 1.97 bits per heavy atom. The van der Waals surface area contributed by atoms with Crippen molar-refractivity contribution in [3.63, 3.8) is 0 Å². The molecule has 1 N–H and O–H groups in total. The van der Waals surface area contributed by atoms with Gasteiger partial charge in [-0.1, -0.05) is 0 Å². The number of alkyl halides is 3. The lowest BCUT2D eigenvalue weighted by Crippen LogP contribution is -2.32. The molecule has 152 valence electrons. The molecule has 0 radical (unpaired) electrons. The number of amides is 1. The molecule has 0 aliphatic carbocycles. The Morgan fingerprint density at radius 1 is 1.21 bits per heavy atom. The van der Waals surface area contributed by atoms with Gasteiger partial charge in [-0.25, -0.2) is 4.98 Å². The van der Waals surface area contributed by atoms with E-state index in [1.165, 1.54) is 10.9 Å². The maximum atomic E-state index is 13.7. The maximum absolute atomic E-state index is 13.7. The van der Waals surface area contributed by atoms with Crippen molar-refractivity contribution in [3.05, 3.63) is 58.9 Å². The number of imidazole rings is 1. The number of benzene rings is 1. The van der Waals surface area contributed by atoms with E-state index in [1.54, 1.807) is 31.5 Å². The van der Waals surface area contributed by atoms with Crippen LogP contribution in [0.4, 0.5) is 13.2 Å². The van der Waals surface area contributed by atoms with Crippen molar-refractivity contribution in [2.24, 2.45) is 0 Å². The molecule has 3 aromatic rings. The summed E-state index contributed by atoms with van der Waals surface area (Å²) in [5, 5.41) is 6.51. The highest BCUT2D eigenvalue weighted by molar-refractivity contribution is 5.99. The number of aromatic nitrogens is 4. The number of nitrogens with one attached hydrogen (secondary N) is 1. The van der Waals surface area contributed by atoms with Gasteiger partial charge in [0.15, 0.2) is 5.69 Å². The van der Waals surface area contributed by atoms with Crippen LogP contribution in [0.25, 0.3) is 11.1 Å². The largest absolute Gasteiger partial charge is 0.435 e. The molecule has 0 fully saturated rings. The van der Waals surface area contributed by atoms with Crippen molar-refractivity contribution in [2.75, 3.05) is 6.54 Å². The summed E-state index contributed by atoms with van der Waals surface area (Å²) in [6, 6.07) is 3.49. The zero-order valence-corrected chi connectivity index (χ0v) is 16.0. The first-order valence-corrected chi connectivity index (χ1v) is 9.34. The summed E-state index contributed by atoms with van der Waals surface area (Å²) >= 11 is 0. The smallest absolute Gasteiger partial charge is 0.352 e. The van der Waals surface area contributed by atoms with E-state index < -0.39 is 11.9 Å². The topological polar surface area (TPSA) is 64.7 Å². The van der Waals surface area contributed by atoms with E-state index in [-0.39, 0.29) is 11.5 Å². The van der Waals surface area contributed by atoms with Crippen LogP contribution in [0, 0.1) is 6.92 Å². The minimum atomic E-state index is -4.59. The molecule has 0 unspecified atom stereocenters. The fourth-order valence-electron chi connectivity index (χ4n) is 3.69. The van der Waals surface area contributed by atoms with E-state index in [4.69, 9.17) is 0 Å². The molecule has 0 saturated carbocycles. The maximum Gasteiger partial charge on any atom is 0.435 e. The van der Waals surface area contributed by atoms with E-state index >= 15 is 0 Å². The quantitative estimate of drug-likeness (QED) is 0.726. The molecule has 0 spiro atoms. The fourth-order valence-corrected chi connectivity index (χ4v) is 3.69. The van der Waals surface area contributed by atoms with Gasteiger partial charge >= 0.3 is 6.18 Å². The van der Waals surface area contributed by atoms with Crippen molar-refractivity contribution in [3.8, 4) is 11.1 Å². The Hall–Kier alpha value is -3.10. The molecular weight excluding hydrogens is 383 g/mol. The van der Waals surface area contributed by atoms with Gasteiger partial charge in [0.25, 0.3) is 5.91 Å². The minimum Gasteiger partial charge on any atom is -0.352 e. The minimum absolute atomic E-state index is 0.00880. The van der Waals surface area contributed by atoms with Gasteiger partial charge in [0.05, 0.1) is 0 Å². The summed E-state index contributed by atoms with van der Waals surface area (Å²) in [5.74, 6) is 0.511. The van der Waals surface area contributed by atoms with Gasteiger partial charge in [0.1, 0.15) is 5.82 Å². The van der Waals surface area contributed by atoms with Gasteiger partial charge in [-0.3, -0.25) is 9.48 Å². The molecule has 1 aliphatic rings. The van der Waals surface area contributed by atoms with Gasteiger partial charge in [-0.15, -0.1) is 0 Å². The van der Waals surface area contributed by atoms with Crippen molar-refractivity contribution in [2.45, 2.75) is 39.5 Å². The van der Waals surface area contributed by atoms with Crippen LogP contribution in [0.3, 0.4) is 0 Å². The number of carbonyl (C=O) groups is 1. The number of rotatable bonds is 4. The normalized spacial score (nSPS) is 14.0. The summed E-state index contributed by atoms with van der Waals surface area (Å²) < 4.78 is 44.2. The first-order chi connectivity index (χ1) is 13.8. The molecule has 0 bridgehead atoms. The van der Waals surface area contributed by atoms with Crippen LogP contribution in [0.5, 0.6) is 0 Å². The van der Waals surface area contributed by atoms with Crippen molar-refractivity contribution in [1.29, 1.82) is 0 Å². The number of nitrogens with zero attached hydrogens (tertiary/aromatic N) is 4. The van der Waals surface area contributed by atoms with E-state index in [9.17, 15) is 18.0 Å². The number of halogens is 3. The molecule has 6 nitrogen and oxygen atoms in total. The molecule has 1 amide bonds. The molecule has 1 aromatic carbocycles.